The van der Waals surface area contributed by atoms with Crippen LogP contribution >= 0.6 is 0 Å². The molecule has 0 bridgehead atoms. The zero-order chi connectivity index (χ0) is 53.9. The van der Waals surface area contributed by atoms with Crippen LogP contribution in [0.3, 0.4) is 0 Å². The summed E-state index contributed by atoms with van der Waals surface area (Å²) in [5.74, 6) is -2.81. The summed E-state index contributed by atoms with van der Waals surface area (Å²) in [6, 6.07) is 13.5. The zero-order valence-electron chi connectivity index (χ0n) is 45.2. The Morgan fingerprint density at radius 1 is 0.806 bits per heavy atom. The number of hydrogen-bond donors (Lipinski definition) is 5. The van der Waals surface area contributed by atoms with Crippen LogP contribution in [0.2, 0.25) is 0 Å². The molecule has 1 fully saturated rings. The molecule has 0 saturated carbocycles. The summed E-state index contributed by atoms with van der Waals surface area (Å²) < 4.78 is 17.8. The molecular weight excluding hydrogens is 921 g/mol. The van der Waals surface area contributed by atoms with Crippen molar-refractivity contribution < 1.29 is 47.8 Å². The van der Waals surface area contributed by atoms with Gasteiger partial charge in [0.1, 0.15) is 18.7 Å². The van der Waals surface area contributed by atoms with Gasteiger partial charge in [-0.25, -0.2) is 9.59 Å². The fraction of sp³-hybridized carbons (Fsp3) is 0.648. The van der Waals surface area contributed by atoms with Crippen molar-refractivity contribution in [3.8, 4) is 0 Å². The summed E-state index contributed by atoms with van der Waals surface area (Å²) in [7, 11) is 6.28. The molecule has 3 rings (SSSR count). The highest BCUT2D eigenvalue weighted by atomic mass is 16.6. The number of carbonyl (C=O) groups is 7. The number of anilines is 1. The van der Waals surface area contributed by atoms with E-state index in [4.69, 9.17) is 19.9 Å². The number of nitrogens with one attached hydrogen (secondary N) is 4. The van der Waals surface area contributed by atoms with E-state index < -0.39 is 59.8 Å². The van der Waals surface area contributed by atoms with Gasteiger partial charge in [-0.3, -0.25) is 28.9 Å². The van der Waals surface area contributed by atoms with E-state index in [0.29, 0.717) is 56.4 Å². The Kier molecular flexibility index (Phi) is 24.5. The van der Waals surface area contributed by atoms with Gasteiger partial charge >= 0.3 is 12.1 Å². The molecule has 72 heavy (non-hydrogen) atoms. The van der Waals surface area contributed by atoms with Crippen LogP contribution in [0, 0.1) is 23.7 Å². The number of carbonyl (C=O) groups excluding carboxylic acids is 7. The highest BCUT2D eigenvalue weighted by molar-refractivity contribution is 5.92. The van der Waals surface area contributed by atoms with Crippen LogP contribution in [0.4, 0.5) is 15.3 Å². The molecule has 402 valence electrons. The number of urea groups is 1. The predicted molar refractivity (Wildman–Crippen MR) is 278 cm³/mol. The number of hydrogen-bond acceptors (Lipinski definition) is 10. The van der Waals surface area contributed by atoms with Crippen molar-refractivity contribution in [1.29, 1.82) is 0 Å². The first-order valence-corrected chi connectivity index (χ1v) is 25.6. The number of nitrogens with zero attached hydrogens (tertiary/aromatic N) is 3. The Morgan fingerprint density at radius 3 is 2.03 bits per heavy atom. The molecule has 2 aromatic carbocycles. The Morgan fingerprint density at radius 2 is 1.46 bits per heavy atom. The van der Waals surface area contributed by atoms with Crippen molar-refractivity contribution >= 4 is 47.3 Å². The minimum Gasteiger partial charge on any atom is -0.445 e. The maximum atomic E-state index is 14.7. The quantitative estimate of drug-likeness (QED) is 0.0601. The number of unbranched alkanes of at least 4 members (excludes halogenated alkanes) is 1. The molecule has 0 aromatic heterocycles. The predicted octanol–water partition coefficient (Wildman–Crippen LogP) is 6.26. The molecular formula is C54H86N8O10. The summed E-state index contributed by atoms with van der Waals surface area (Å²) in [6.07, 6.45) is 2.07. The summed E-state index contributed by atoms with van der Waals surface area (Å²) in [5, 5.41) is 11.4. The summed E-state index contributed by atoms with van der Waals surface area (Å²) in [5.41, 5.74) is 6.62. The number of rotatable bonds is 28. The lowest BCUT2D eigenvalue weighted by Gasteiger charge is -2.44. The van der Waals surface area contributed by atoms with Gasteiger partial charge in [-0.05, 0) is 87.0 Å². The Bertz CT molecular complexity index is 2070. The van der Waals surface area contributed by atoms with Gasteiger partial charge < -0.3 is 51.0 Å². The number of likely N-dealkylation sites (tertiary alicyclic amines) is 1. The average Bonchev–Trinajstić information content (AvgIpc) is 3.73. The summed E-state index contributed by atoms with van der Waals surface area (Å²) >= 11 is 0. The number of benzene rings is 2. The number of nitrogens with two attached hydrogens (primary N) is 1. The van der Waals surface area contributed by atoms with E-state index in [1.807, 2.05) is 83.7 Å². The number of likely N-dealkylation sites (N-methyl/N-ethyl adjacent to an activating group) is 2. The molecule has 0 unspecified atom stereocenters. The second-order valence-electron chi connectivity index (χ2n) is 20.4. The Balaban J connectivity index is 1.70. The second-order valence-corrected chi connectivity index (χ2v) is 20.4. The molecule has 0 spiro atoms. The van der Waals surface area contributed by atoms with Gasteiger partial charge in [-0.15, -0.1) is 0 Å². The van der Waals surface area contributed by atoms with E-state index in [1.54, 1.807) is 57.2 Å². The van der Waals surface area contributed by atoms with Gasteiger partial charge in [0, 0.05) is 59.6 Å². The monoisotopic (exact) mass is 1010 g/mol. The number of primary amides is 1. The molecule has 18 heteroatoms. The molecule has 0 aliphatic carbocycles. The molecule has 18 nitrogen and oxygen atoms in total. The van der Waals surface area contributed by atoms with Gasteiger partial charge in [0.05, 0.1) is 36.1 Å². The second kappa shape index (κ2) is 29.1. The van der Waals surface area contributed by atoms with Crippen molar-refractivity contribution in [2.45, 2.75) is 162 Å². The third kappa shape index (κ3) is 17.2. The number of amides is 8. The lowest BCUT2D eigenvalue weighted by atomic mass is 9.82. The molecule has 1 aliphatic rings. The fourth-order valence-corrected chi connectivity index (χ4v) is 10.0. The van der Waals surface area contributed by atoms with Crippen molar-refractivity contribution in [3.63, 3.8) is 0 Å². The van der Waals surface area contributed by atoms with Crippen LogP contribution in [0.5, 0.6) is 0 Å². The molecule has 1 aliphatic heterocycles. The molecule has 9 atom stereocenters. The highest BCUT2D eigenvalue weighted by Gasteiger charge is 2.50. The molecule has 1 saturated heterocycles. The fourth-order valence-electron chi connectivity index (χ4n) is 10.0. The van der Waals surface area contributed by atoms with Crippen LogP contribution in [0.15, 0.2) is 54.6 Å². The Hall–Kier alpha value is -5.75. The van der Waals surface area contributed by atoms with Crippen molar-refractivity contribution in [2.24, 2.45) is 29.4 Å². The molecule has 8 amide bonds. The van der Waals surface area contributed by atoms with E-state index in [9.17, 15) is 33.6 Å². The van der Waals surface area contributed by atoms with Gasteiger partial charge in [-0.2, -0.15) is 0 Å². The smallest absolute Gasteiger partial charge is 0.410 e. The van der Waals surface area contributed by atoms with Gasteiger partial charge in [0.15, 0.2) is 0 Å². The minimum absolute atomic E-state index is 0.0361. The van der Waals surface area contributed by atoms with E-state index in [-0.39, 0.29) is 66.9 Å². The first kappa shape index (κ1) is 60.6. The number of ether oxygens (including phenoxy) is 3. The van der Waals surface area contributed by atoms with Gasteiger partial charge in [0.25, 0.3) is 0 Å². The van der Waals surface area contributed by atoms with Crippen LogP contribution in [0.25, 0.3) is 0 Å². The lowest BCUT2D eigenvalue weighted by Crippen LogP contribution is -2.61. The van der Waals surface area contributed by atoms with E-state index >= 15 is 0 Å². The molecule has 1 heterocycles. The first-order chi connectivity index (χ1) is 34.0. The summed E-state index contributed by atoms with van der Waals surface area (Å²) in [4.78, 5) is 98.4. The van der Waals surface area contributed by atoms with E-state index in [2.05, 4.69) is 21.3 Å². The zero-order valence-corrected chi connectivity index (χ0v) is 45.2. The highest BCUT2D eigenvalue weighted by Crippen LogP contribution is 2.38. The van der Waals surface area contributed by atoms with Crippen molar-refractivity contribution in [2.75, 3.05) is 46.7 Å². The van der Waals surface area contributed by atoms with E-state index in [1.165, 1.54) is 19.1 Å². The standard InChI is InChI=1S/C54H86N8O10/c1-14-36(6)47(42(70-12)32-44(64)62-30-20-28-54(62,9)48(71-13)38(8)49(65)57-37(7)31-39-21-16-15-17-22-39)60(10)51(67)45(34(2)3)59-50(66)46(35(4)5)61(11)53(69)72-33-40-24-26-41(27-25-40)58-43(63)23-18-19-29-56-52(55)68/h15-17,21-22,24-27,34-38,42,45-48H,14,18-20,23,28-33H2,1-13H3,(H,57,65)(H,58,63)(H,59,66)(H3,55,56,68)/t36-,37+,38+,42+,45-,46-,47-,48+,54+/m0/s1. The normalized spacial score (nSPS) is 17.9. The van der Waals surface area contributed by atoms with Crippen LogP contribution in [-0.2, 0) is 51.2 Å². The van der Waals surface area contributed by atoms with Crippen LogP contribution in [0.1, 0.15) is 118 Å². The maximum absolute atomic E-state index is 14.7. The Labute approximate surface area is 428 Å². The van der Waals surface area contributed by atoms with E-state index in [0.717, 1.165) is 12.0 Å². The number of methoxy groups -OCH3 is 2. The molecule has 6 N–H and O–H groups in total. The van der Waals surface area contributed by atoms with Gasteiger partial charge in [-0.1, -0.05) is 97.4 Å². The minimum atomic E-state index is -0.993. The van der Waals surface area contributed by atoms with Crippen molar-refractivity contribution in [3.05, 3.63) is 65.7 Å². The van der Waals surface area contributed by atoms with Crippen molar-refractivity contribution in [1.82, 2.24) is 30.7 Å². The third-order valence-electron chi connectivity index (χ3n) is 14.1. The van der Waals surface area contributed by atoms with Crippen LogP contribution < -0.4 is 27.0 Å². The average molecular weight is 1010 g/mol. The van der Waals surface area contributed by atoms with Crippen LogP contribution in [-0.4, -0.2) is 140 Å². The maximum Gasteiger partial charge on any atom is 0.410 e. The largest absolute Gasteiger partial charge is 0.445 e. The SMILES string of the molecule is CC[C@H](C)[C@@H]([C@@H](CC(=O)N1CCC[C@]1(C)[C@H](OC)[C@@H](C)C(=O)N[C@H](C)Cc1ccccc1)OC)N(C)C(=O)[C@@H](NC(=O)[C@H](C(C)C)N(C)C(=O)OCc1ccc(NC(=O)CCCCNC(N)=O)cc1)C(C)C. The summed E-state index contributed by atoms with van der Waals surface area (Å²) in [6.45, 7) is 17.9. The van der Waals surface area contributed by atoms with Gasteiger partial charge in [0.2, 0.25) is 29.5 Å². The molecule has 0 radical (unpaired) electrons. The molecule has 2 aromatic rings. The third-order valence-corrected chi connectivity index (χ3v) is 14.1. The first-order valence-electron chi connectivity index (χ1n) is 25.6. The lowest BCUT2D eigenvalue weighted by molar-refractivity contribution is -0.152. The topological polar surface area (TPSA) is 231 Å².